The van der Waals surface area contributed by atoms with Gasteiger partial charge in [0.25, 0.3) is 5.91 Å². The quantitative estimate of drug-likeness (QED) is 0.433. The third kappa shape index (κ3) is 5.83. The van der Waals surface area contributed by atoms with Gasteiger partial charge in [0, 0.05) is 25.2 Å². The lowest BCUT2D eigenvalue weighted by molar-refractivity contribution is -0.124. The molecule has 37 heavy (non-hydrogen) atoms. The second-order valence-electron chi connectivity index (χ2n) is 9.16. The molecule has 1 N–H and O–H groups in total. The monoisotopic (exact) mass is 503 g/mol. The van der Waals surface area contributed by atoms with Crippen molar-refractivity contribution in [3.05, 3.63) is 101 Å². The molecular weight excluding hydrogens is 469 g/mol. The van der Waals surface area contributed by atoms with Gasteiger partial charge in [-0.25, -0.2) is 4.39 Å². The zero-order valence-corrected chi connectivity index (χ0v) is 21.6. The number of likely N-dealkylation sites (N-methyl/N-ethyl adjacent to an activating group) is 1. The fourth-order valence-electron chi connectivity index (χ4n) is 5.00. The Labute approximate surface area is 218 Å². The van der Waals surface area contributed by atoms with Gasteiger partial charge in [-0.3, -0.25) is 9.59 Å². The molecule has 1 heterocycles. The molecule has 0 spiro atoms. The highest BCUT2D eigenvalue weighted by Gasteiger charge is 2.44. The Balaban J connectivity index is 1.76. The van der Waals surface area contributed by atoms with Crippen LogP contribution in [0.3, 0.4) is 0 Å². The summed E-state index contributed by atoms with van der Waals surface area (Å²) in [5, 5.41) is 3.13. The fourth-order valence-corrected chi connectivity index (χ4v) is 5.00. The van der Waals surface area contributed by atoms with Gasteiger partial charge in [-0.1, -0.05) is 56.3 Å². The summed E-state index contributed by atoms with van der Waals surface area (Å²) in [4.78, 5) is 31.6. The number of nitrogens with one attached hydrogen (secondary N) is 1. The fraction of sp³-hybridized carbons (Fsp3) is 0.333. The van der Waals surface area contributed by atoms with Crippen molar-refractivity contribution in [1.29, 1.82) is 0 Å². The Bertz CT molecular complexity index is 1210. The first-order valence-corrected chi connectivity index (χ1v) is 12.7. The number of methoxy groups -OCH3 is 1. The van der Waals surface area contributed by atoms with Crippen LogP contribution >= 0.6 is 0 Å². The molecule has 2 amide bonds. The lowest BCUT2D eigenvalue weighted by atomic mass is 9.79. The number of benzene rings is 3. The Morgan fingerprint density at radius 1 is 1.00 bits per heavy atom. The minimum absolute atomic E-state index is 0.128. The van der Waals surface area contributed by atoms with E-state index in [1.165, 1.54) is 12.1 Å². The number of nitrogens with zero attached hydrogens (tertiary/aromatic N) is 2. The van der Waals surface area contributed by atoms with Crippen molar-refractivity contribution in [1.82, 2.24) is 15.1 Å². The van der Waals surface area contributed by atoms with E-state index in [-0.39, 0.29) is 24.2 Å². The zero-order chi connectivity index (χ0) is 26.4. The van der Waals surface area contributed by atoms with Crippen molar-refractivity contribution in [3.63, 3.8) is 0 Å². The van der Waals surface area contributed by atoms with E-state index in [4.69, 9.17) is 4.74 Å². The summed E-state index contributed by atoms with van der Waals surface area (Å²) in [6, 6.07) is 20.4. The summed E-state index contributed by atoms with van der Waals surface area (Å²) in [5.74, 6) is -0.544. The topological polar surface area (TPSA) is 61.9 Å². The predicted molar refractivity (Wildman–Crippen MR) is 142 cm³/mol. The van der Waals surface area contributed by atoms with Crippen LogP contribution in [0.2, 0.25) is 0 Å². The standard InChI is InChI=1S/C30H34FN3O3/c1-4-33(5-2)19-18-32-29(35)27-25-8-6-7-9-26(25)30(36)34(20-21-10-14-23(31)15-11-21)28(27)22-12-16-24(37-3)17-13-22/h6-17,27-28H,4-5,18-20H2,1-3H3,(H,32,35)/t27-,28-/m1/s1. The first kappa shape index (κ1) is 26.4. The van der Waals surface area contributed by atoms with Gasteiger partial charge in [-0.2, -0.15) is 0 Å². The highest BCUT2D eigenvalue weighted by Crippen LogP contribution is 2.44. The Hall–Kier alpha value is -3.71. The van der Waals surface area contributed by atoms with Crippen LogP contribution in [0.25, 0.3) is 0 Å². The van der Waals surface area contributed by atoms with E-state index in [9.17, 15) is 14.0 Å². The van der Waals surface area contributed by atoms with Crippen LogP contribution in [-0.2, 0) is 11.3 Å². The number of rotatable bonds is 10. The van der Waals surface area contributed by atoms with Gasteiger partial charge in [0.15, 0.2) is 0 Å². The van der Waals surface area contributed by atoms with Crippen LogP contribution in [-0.4, -0.2) is 54.9 Å². The van der Waals surface area contributed by atoms with Gasteiger partial charge in [-0.05, 0) is 60.1 Å². The van der Waals surface area contributed by atoms with Crippen LogP contribution in [0.4, 0.5) is 4.39 Å². The largest absolute Gasteiger partial charge is 0.497 e. The van der Waals surface area contributed by atoms with Crippen LogP contribution in [0.5, 0.6) is 5.75 Å². The molecule has 0 saturated heterocycles. The summed E-state index contributed by atoms with van der Waals surface area (Å²) in [6.07, 6.45) is 0. The minimum Gasteiger partial charge on any atom is -0.497 e. The number of fused-ring (bicyclic) bond motifs is 1. The van der Waals surface area contributed by atoms with E-state index >= 15 is 0 Å². The van der Waals surface area contributed by atoms with Gasteiger partial charge in [0.2, 0.25) is 5.91 Å². The average molecular weight is 504 g/mol. The smallest absolute Gasteiger partial charge is 0.255 e. The second-order valence-corrected chi connectivity index (χ2v) is 9.16. The van der Waals surface area contributed by atoms with Crippen LogP contribution in [0.1, 0.15) is 52.9 Å². The van der Waals surface area contributed by atoms with Crippen LogP contribution < -0.4 is 10.1 Å². The molecule has 0 bridgehead atoms. The SMILES string of the molecule is CCN(CC)CCNC(=O)[C@@H]1c2ccccc2C(=O)N(Cc2ccc(F)cc2)[C@@H]1c1ccc(OC)cc1. The Kier molecular flexibility index (Phi) is 8.56. The van der Waals surface area contributed by atoms with Crippen molar-refractivity contribution in [2.75, 3.05) is 33.3 Å². The summed E-state index contributed by atoms with van der Waals surface area (Å²) in [6.45, 7) is 7.52. The van der Waals surface area contributed by atoms with Crippen molar-refractivity contribution < 1.29 is 18.7 Å². The third-order valence-electron chi connectivity index (χ3n) is 7.07. The van der Waals surface area contributed by atoms with Gasteiger partial charge in [-0.15, -0.1) is 0 Å². The minimum atomic E-state index is -0.612. The van der Waals surface area contributed by atoms with Crippen LogP contribution in [0, 0.1) is 5.82 Å². The number of carbonyl (C=O) groups excluding carboxylic acids is 2. The van der Waals surface area contributed by atoms with Crippen molar-refractivity contribution in [3.8, 4) is 5.75 Å². The molecule has 1 aliphatic heterocycles. The molecule has 7 heteroatoms. The van der Waals surface area contributed by atoms with E-state index < -0.39 is 12.0 Å². The van der Waals surface area contributed by atoms with Crippen molar-refractivity contribution >= 4 is 11.8 Å². The summed E-state index contributed by atoms with van der Waals surface area (Å²) in [5.41, 5.74) is 2.84. The number of carbonyl (C=O) groups is 2. The molecule has 0 radical (unpaired) electrons. The van der Waals surface area contributed by atoms with Gasteiger partial charge < -0.3 is 19.9 Å². The molecule has 0 saturated carbocycles. The highest BCUT2D eigenvalue weighted by molar-refractivity contribution is 6.01. The molecule has 0 aliphatic carbocycles. The second kappa shape index (κ2) is 12.0. The normalized spacial score (nSPS) is 17.0. The molecule has 4 rings (SSSR count). The number of ether oxygens (including phenoxy) is 1. The number of hydrogen-bond donors (Lipinski definition) is 1. The number of hydrogen-bond acceptors (Lipinski definition) is 4. The molecule has 6 nitrogen and oxygen atoms in total. The van der Waals surface area contributed by atoms with Crippen LogP contribution in [0.15, 0.2) is 72.8 Å². The lowest BCUT2D eigenvalue weighted by Gasteiger charge is -2.42. The Morgan fingerprint density at radius 3 is 2.32 bits per heavy atom. The molecule has 3 aromatic rings. The van der Waals surface area contributed by atoms with E-state index in [1.807, 2.05) is 42.5 Å². The van der Waals surface area contributed by atoms with Gasteiger partial charge in [0.1, 0.15) is 11.6 Å². The predicted octanol–water partition coefficient (Wildman–Crippen LogP) is 4.77. The molecule has 0 fully saturated rings. The molecule has 3 aromatic carbocycles. The molecule has 0 aromatic heterocycles. The van der Waals surface area contributed by atoms with Gasteiger partial charge in [0.05, 0.1) is 19.1 Å². The zero-order valence-electron chi connectivity index (χ0n) is 21.6. The third-order valence-corrected chi connectivity index (χ3v) is 7.07. The van der Waals surface area contributed by atoms with E-state index in [0.717, 1.165) is 30.8 Å². The molecular formula is C30H34FN3O3. The lowest BCUT2D eigenvalue weighted by Crippen LogP contribution is -2.48. The van der Waals surface area contributed by atoms with Gasteiger partial charge >= 0.3 is 0 Å². The number of halogens is 1. The van der Waals surface area contributed by atoms with E-state index in [0.29, 0.717) is 23.4 Å². The maximum absolute atomic E-state index is 13.8. The average Bonchev–Trinajstić information content (AvgIpc) is 2.93. The molecule has 0 unspecified atom stereocenters. The van der Waals surface area contributed by atoms with Crippen molar-refractivity contribution in [2.24, 2.45) is 0 Å². The first-order valence-electron chi connectivity index (χ1n) is 12.7. The summed E-state index contributed by atoms with van der Waals surface area (Å²) >= 11 is 0. The van der Waals surface area contributed by atoms with E-state index in [2.05, 4.69) is 24.1 Å². The molecule has 2 atom stereocenters. The maximum Gasteiger partial charge on any atom is 0.255 e. The molecule has 194 valence electrons. The number of amides is 2. The molecule has 1 aliphatic rings. The first-order chi connectivity index (χ1) is 18.0. The van der Waals surface area contributed by atoms with Crippen molar-refractivity contribution in [2.45, 2.75) is 32.4 Å². The van der Waals surface area contributed by atoms with E-state index in [1.54, 1.807) is 30.2 Å². The Morgan fingerprint density at radius 2 is 1.68 bits per heavy atom. The maximum atomic E-state index is 13.8. The summed E-state index contributed by atoms with van der Waals surface area (Å²) in [7, 11) is 1.60. The summed E-state index contributed by atoms with van der Waals surface area (Å²) < 4.78 is 18.9. The highest BCUT2D eigenvalue weighted by atomic mass is 19.1.